The number of hydrogen-bond donors (Lipinski definition) is 1. The van der Waals surface area contributed by atoms with Crippen LogP contribution < -0.4 is 5.32 Å². The van der Waals surface area contributed by atoms with Crippen LogP contribution in [0.15, 0.2) is 24.3 Å². The summed E-state index contributed by atoms with van der Waals surface area (Å²) in [5, 5.41) is 2.77. The summed E-state index contributed by atoms with van der Waals surface area (Å²) in [5.74, 6) is -1.15. The molecule has 26 heavy (non-hydrogen) atoms. The van der Waals surface area contributed by atoms with Gasteiger partial charge in [0.25, 0.3) is 10.2 Å². The van der Waals surface area contributed by atoms with Gasteiger partial charge in [0.15, 0.2) is 0 Å². The fourth-order valence-corrected chi connectivity index (χ4v) is 3.97. The van der Waals surface area contributed by atoms with Gasteiger partial charge in [0.2, 0.25) is 5.91 Å². The van der Waals surface area contributed by atoms with E-state index >= 15 is 0 Å². The largest absolute Gasteiger partial charge is 0.462 e. The number of amides is 1. The maximum Gasteiger partial charge on any atom is 0.338 e. The third-order valence-corrected chi connectivity index (χ3v) is 6.09. The summed E-state index contributed by atoms with van der Waals surface area (Å²) in [6.45, 7) is 2.54. The molecular formula is C17H25N3O5S. The van der Waals surface area contributed by atoms with Crippen molar-refractivity contribution in [3.63, 3.8) is 0 Å². The molecule has 144 valence electrons. The fourth-order valence-electron chi connectivity index (χ4n) is 2.78. The maximum atomic E-state index is 12.6. The summed E-state index contributed by atoms with van der Waals surface area (Å²) in [5.41, 5.74) is 0.832. The highest BCUT2D eigenvalue weighted by atomic mass is 32.2. The van der Waals surface area contributed by atoms with Crippen molar-refractivity contribution in [3.8, 4) is 0 Å². The molecule has 8 nitrogen and oxygen atoms in total. The van der Waals surface area contributed by atoms with Crippen LogP contribution >= 0.6 is 0 Å². The van der Waals surface area contributed by atoms with Gasteiger partial charge in [0, 0.05) is 32.9 Å². The lowest BCUT2D eigenvalue weighted by Crippen LogP contribution is -2.47. The number of nitrogens with one attached hydrogen (secondary N) is 1. The molecule has 0 aliphatic carbocycles. The van der Waals surface area contributed by atoms with Gasteiger partial charge in [0.05, 0.1) is 18.1 Å². The number of esters is 1. The number of anilines is 1. The van der Waals surface area contributed by atoms with Gasteiger partial charge in [-0.15, -0.1) is 0 Å². The van der Waals surface area contributed by atoms with E-state index in [2.05, 4.69) is 5.32 Å². The number of carbonyl (C=O) groups excluding carboxylic acids is 2. The first-order valence-corrected chi connectivity index (χ1v) is 9.91. The third kappa shape index (κ3) is 4.80. The minimum absolute atomic E-state index is 0.143. The SMILES string of the molecule is CCOC(=O)c1cccc(NC(=O)[C@@H]2CCCN(S(=O)(=O)N(C)C)C2)c1. The van der Waals surface area contributed by atoms with Crippen LogP contribution in [0.3, 0.4) is 0 Å². The minimum atomic E-state index is -3.54. The first-order chi connectivity index (χ1) is 12.3. The monoisotopic (exact) mass is 383 g/mol. The predicted molar refractivity (Wildman–Crippen MR) is 97.9 cm³/mol. The Morgan fingerprint density at radius 1 is 1.35 bits per heavy atom. The highest BCUT2D eigenvalue weighted by Crippen LogP contribution is 2.22. The number of hydrogen-bond acceptors (Lipinski definition) is 5. The zero-order valence-electron chi connectivity index (χ0n) is 15.3. The van der Waals surface area contributed by atoms with Crippen molar-refractivity contribution >= 4 is 27.8 Å². The maximum absolute atomic E-state index is 12.6. The Bertz CT molecular complexity index is 763. The van der Waals surface area contributed by atoms with E-state index in [0.717, 1.165) is 4.31 Å². The van der Waals surface area contributed by atoms with Crippen LogP contribution in [0, 0.1) is 5.92 Å². The summed E-state index contributed by atoms with van der Waals surface area (Å²) < 4.78 is 32.0. The smallest absolute Gasteiger partial charge is 0.338 e. The summed E-state index contributed by atoms with van der Waals surface area (Å²) in [7, 11) is -0.594. The molecule has 1 aromatic carbocycles. The summed E-state index contributed by atoms with van der Waals surface area (Å²) >= 11 is 0. The van der Waals surface area contributed by atoms with Gasteiger partial charge in [-0.25, -0.2) is 4.79 Å². The Labute approximate surface area is 154 Å². The number of nitrogens with zero attached hydrogens (tertiary/aromatic N) is 2. The molecule has 1 atom stereocenters. The quantitative estimate of drug-likeness (QED) is 0.748. The minimum Gasteiger partial charge on any atom is -0.462 e. The van der Waals surface area contributed by atoms with Crippen molar-refractivity contribution in [2.75, 3.05) is 39.1 Å². The molecule has 9 heteroatoms. The number of benzene rings is 1. The van der Waals surface area contributed by atoms with E-state index in [1.54, 1.807) is 31.2 Å². The Kier molecular flexibility index (Phi) is 6.74. The van der Waals surface area contributed by atoms with Crippen molar-refractivity contribution < 1.29 is 22.7 Å². The van der Waals surface area contributed by atoms with Crippen LogP contribution in [-0.2, 0) is 19.7 Å². The molecule has 0 unspecified atom stereocenters. The Hall–Kier alpha value is -1.97. The molecule has 1 saturated heterocycles. The van der Waals surface area contributed by atoms with Crippen LogP contribution in [0.1, 0.15) is 30.1 Å². The van der Waals surface area contributed by atoms with Crippen LogP contribution in [0.2, 0.25) is 0 Å². The standard InChI is InChI=1S/C17H25N3O5S/c1-4-25-17(22)13-7-5-9-15(11-13)18-16(21)14-8-6-10-20(12-14)26(23,24)19(2)3/h5,7,9,11,14H,4,6,8,10,12H2,1-3H3,(H,18,21)/t14-/m1/s1. The zero-order chi connectivity index (χ0) is 19.3. The van der Waals surface area contributed by atoms with Crippen molar-refractivity contribution in [1.29, 1.82) is 0 Å². The molecule has 1 fully saturated rings. The second kappa shape index (κ2) is 8.61. The van der Waals surface area contributed by atoms with Crippen LogP contribution in [-0.4, -0.2) is 62.7 Å². The molecule has 0 bridgehead atoms. The molecule has 1 N–H and O–H groups in total. The first kappa shape index (κ1) is 20.3. The fraction of sp³-hybridized carbons (Fsp3) is 0.529. The topological polar surface area (TPSA) is 96.0 Å². The van der Waals surface area contributed by atoms with Crippen LogP contribution in [0.4, 0.5) is 5.69 Å². The van der Waals surface area contributed by atoms with Crippen LogP contribution in [0.5, 0.6) is 0 Å². The predicted octanol–water partition coefficient (Wildman–Crippen LogP) is 1.32. The number of rotatable bonds is 6. The molecule has 1 aliphatic rings. The van der Waals surface area contributed by atoms with Gasteiger partial charge in [0.1, 0.15) is 0 Å². The molecule has 0 spiro atoms. The average molecular weight is 383 g/mol. The summed E-state index contributed by atoms with van der Waals surface area (Å²) in [4.78, 5) is 24.3. The van der Waals surface area contributed by atoms with E-state index in [0.29, 0.717) is 30.6 Å². The van der Waals surface area contributed by atoms with E-state index in [1.807, 2.05) is 0 Å². The molecule has 1 aromatic rings. The Morgan fingerprint density at radius 3 is 2.73 bits per heavy atom. The molecular weight excluding hydrogens is 358 g/mol. The average Bonchev–Trinajstić information content (AvgIpc) is 2.62. The molecule has 1 aliphatic heterocycles. The Morgan fingerprint density at radius 2 is 2.08 bits per heavy atom. The van der Waals surface area contributed by atoms with Gasteiger partial charge >= 0.3 is 5.97 Å². The third-order valence-electron chi connectivity index (χ3n) is 4.18. The van der Waals surface area contributed by atoms with Gasteiger partial charge in [-0.1, -0.05) is 6.07 Å². The number of carbonyl (C=O) groups is 2. The van der Waals surface area contributed by atoms with E-state index in [9.17, 15) is 18.0 Å². The highest BCUT2D eigenvalue weighted by Gasteiger charge is 2.33. The molecule has 0 saturated carbocycles. The van der Waals surface area contributed by atoms with Crippen molar-refractivity contribution in [2.45, 2.75) is 19.8 Å². The Balaban J connectivity index is 2.06. The highest BCUT2D eigenvalue weighted by molar-refractivity contribution is 7.86. The number of ether oxygens (including phenoxy) is 1. The van der Waals surface area contributed by atoms with E-state index in [-0.39, 0.29) is 19.1 Å². The van der Waals surface area contributed by atoms with Gasteiger partial charge in [-0.05, 0) is 38.0 Å². The van der Waals surface area contributed by atoms with E-state index in [1.165, 1.54) is 18.4 Å². The summed E-state index contributed by atoms with van der Waals surface area (Å²) in [6.07, 6.45) is 1.23. The van der Waals surface area contributed by atoms with Gasteiger partial charge in [-0.3, -0.25) is 4.79 Å². The van der Waals surface area contributed by atoms with Gasteiger partial charge < -0.3 is 10.1 Å². The molecule has 0 radical (unpaired) electrons. The lowest BCUT2D eigenvalue weighted by molar-refractivity contribution is -0.120. The molecule has 1 heterocycles. The molecule has 0 aromatic heterocycles. The van der Waals surface area contributed by atoms with E-state index in [4.69, 9.17) is 4.74 Å². The van der Waals surface area contributed by atoms with Crippen molar-refractivity contribution in [3.05, 3.63) is 29.8 Å². The number of piperidine rings is 1. The van der Waals surface area contributed by atoms with Crippen LogP contribution in [0.25, 0.3) is 0 Å². The second-order valence-electron chi connectivity index (χ2n) is 6.28. The molecule has 2 rings (SSSR count). The normalized spacial score (nSPS) is 18.5. The lowest BCUT2D eigenvalue weighted by atomic mass is 9.98. The van der Waals surface area contributed by atoms with Gasteiger partial charge in [-0.2, -0.15) is 17.0 Å². The van der Waals surface area contributed by atoms with E-state index < -0.39 is 22.1 Å². The lowest BCUT2D eigenvalue weighted by Gasteiger charge is -2.32. The second-order valence-corrected chi connectivity index (χ2v) is 8.42. The summed E-state index contributed by atoms with van der Waals surface area (Å²) in [6, 6.07) is 6.50. The first-order valence-electron chi connectivity index (χ1n) is 8.51. The van der Waals surface area contributed by atoms with Crippen molar-refractivity contribution in [1.82, 2.24) is 8.61 Å². The zero-order valence-corrected chi connectivity index (χ0v) is 16.1. The molecule has 1 amide bonds. The van der Waals surface area contributed by atoms with Crippen molar-refractivity contribution in [2.24, 2.45) is 5.92 Å².